The first-order valence-electron chi connectivity index (χ1n) is 4.68. The summed E-state index contributed by atoms with van der Waals surface area (Å²) >= 11 is 3.76. The van der Waals surface area contributed by atoms with Crippen LogP contribution < -0.4 is 0 Å². The van der Waals surface area contributed by atoms with Gasteiger partial charge >= 0.3 is 0 Å². The fourth-order valence-electron chi connectivity index (χ4n) is 1.30. The molecular weight excluding hydrogens is 208 g/mol. The molecule has 0 spiro atoms. The third kappa shape index (κ3) is 3.25. The highest BCUT2D eigenvalue weighted by Crippen LogP contribution is 2.44. The SMILES string of the molecule is CS[C](C)SC(C)(C)c1ccccc1. The van der Waals surface area contributed by atoms with Crippen molar-refractivity contribution >= 4 is 23.5 Å². The maximum atomic E-state index is 2.27. The summed E-state index contributed by atoms with van der Waals surface area (Å²) in [5.74, 6) is 0. The fraction of sp³-hybridized carbons (Fsp3) is 0.417. The van der Waals surface area contributed by atoms with Crippen LogP contribution in [0.1, 0.15) is 26.3 Å². The van der Waals surface area contributed by atoms with Crippen molar-refractivity contribution in [2.75, 3.05) is 6.26 Å². The summed E-state index contributed by atoms with van der Waals surface area (Å²) in [6.45, 7) is 6.72. The predicted molar refractivity (Wildman–Crippen MR) is 69.5 cm³/mol. The molecular formula is C12H17S2. The van der Waals surface area contributed by atoms with E-state index in [0.717, 1.165) is 0 Å². The Morgan fingerprint density at radius 1 is 1.14 bits per heavy atom. The molecule has 0 saturated carbocycles. The summed E-state index contributed by atoms with van der Waals surface area (Å²) in [6.07, 6.45) is 2.13. The van der Waals surface area contributed by atoms with Crippen LogP contribution in [0.2, 0.25) is 0 Å². The average Bonchev–Trinajstić information content (AvgIpc) is 2.18. The highest BCUT2D eigenvalue weighted by atomic mass is 32.2. The number of rotatable bonds is 4. The lowest BCUT2D eigenvalue weighted by Gasteiger charge is -2.26. The van der Waals surface area contributed by atoms with Gasteiger partial charge in [0.15, 0.2) is 0 Å². The maximum absolute atomic E-state index is 2.27. The number of thioether (sulfide) groups is 2. The number of hydrogen-bond donors (Lipinski definition) is 0. The Kier molecular flexibility index (Phi) is 4.39. The van der Waals surface area contributed by atoms with E-state index in [4.69, 9.17) is 0 Å². The van der Waals surface area contributed by atoms with Crippen molar-refractivity contribution in [1.29, 1.82) is 0 Å². The van der Waals surface area contributed by atoms with Crippen LogP contribution in [-0.2, 0) is 4.75 Å². The van der Waals surface area contributed by atoms with Gasteiger partial charge in [0.1, 0.15) is 0 Å². The molecule has 0 aliphatic rings. The fourth-order valence-corrected chi connectivity index (χ4v) is 3.23. The first-order chi connectivity index (χ1) is 6.56. The molecule has 2 heteroatoms. The second kappa shape index (κ2) is 5.13. The van der Waals surface area contributed by atoms with Gasteiger partial charge in [-0.3, -0.25) is 0 Å². The molecule has 1 aromatic rings. The highest BCUT2D eigenvalue weighted by molar-refractivity contribution is 8.20. The molecule has 0 aromatic heterocycles. The van der Waals surface area contributed by atoms with Gasteiger partial charge in [-0.2, -0.15) is 0 Å². The van der Waals surface area contributed by atoms with Crippen LogP contribution in [0.4, 0.5) is 0 Å². The standard InChI is InChI=1S/C12H17S2/c1-10(13-4)14-12(2,3)11-8-6-5-7-9-11/h5-9H,1-4H3. The van der Waals surface area contributed by atoms with E-state index < -0.39 is 0 Å². The smallest absolute Gasteiger partial charge is 0.0823 e. The van der Waals surface area contributed by atoms with E-state index >= 15 is 0 Å². The predicted octanol–water partition coefficient (Wildman–Crippen LogP) is 4.53. The zero-order chi connectivity index (χ0) is 10.6. The van der Waals surface area contributed by atoms with E-state index in [1.165, 1.54) is 10.1 Å². The van der Waals surface area contributed by atoms with E-state index in [0.29, 0.717) is 0 Å². The molecule has 0 amide bonds. The minimum atomic E-state index is 0.175. The van der Waals surface area contributed by atoms with E-state index in [1.807, 2.05) is 23.5 Å². The van der Waals surface area contributed by atoms with Crippen LogP contribution in [0, 0.1) is 4.58 Å². The van der Waals surface area contributed by atoms with Gasteiger partial charge in [-0.15, -0.1) is 23.5 Å². The van der Waals surface area contributed by atoms with Gasteiger partial charge in [0.2, 0.25) is 0 Å². The first kappa shape index (κ1) is 12.0. The van der Waals surface area contributed by atoms with Crippen LogP contribution in [-0.4, -0.2) is 6.26 Å². The minimum Gasteiger partial charge on any atom is -0.146 e. The topological polar surface area (TPSA) is 0 Å². The summed E-state index contributed by atoms with van der Waals surface area (Å²) in [5, 5.41) is 0. The summed E-state index contributed by atoms with van der Waals surface area (Å²) in [4.78, 5) is 0. The van der Waals surface area contributed by atoms with Gasteiger partial charge in [-0.25, -0.2) is 0 Å². The maximum Gasteiger partial charge on any atom is 0.0823 e. The zero-order valence-corrected chi connectivity index (χ0v) is 10.8. The van der Waals surface area contributed by atoms with Crippen molar-refractivity contribution in [1.82, 2.24) is 0 Å². The molecule has 14 heavy (non-hydrogen) atoms. The van der Waals surface area contributed by atoms with Crippen LogP contribution in [0.25, 0.3) is 0 Å². The van der Waals surface area contributed by atoms with Gasteiger partial charge in [-0.05, 0) is 32.6 Å². The van der Waals surface area contributed by atoms with E-state index in [2.05, 4.69) is 57.4 Å². The molecule has 0 nitrogen and oxygen atoms in total. The molecule has 0 atom stereocenters. The Hall–Kier alpha value is -0.0800. The summed E-state index contributed by atoms with van der Waals surface area (Å²) in [7, 11) is 0. The molecule has 0 aliphatic heterocycles. The second-order valence-corrected chi connectivity index (χ2v) is 6.79. The molecule has 0 fully saturated rings. The van der Waals surface area contributed by atoms with Gasteiger partial charge in [0.05, 0.1) is 4.58 Å². The van der Waals surface area contributed by atoms with Crippen molar-refractivity contribution in [2.45, 2.75) is 25.5 Å². The number of hydrogen-bond acceptors (Lipinski definition) is 2. The molecule has 1 aromatic carbocycles. The minimum absolute atomic E-state index is 0.175. The van der Waals surface area contributed by atoms with Crippen molar-refractivity contribution in [2.24, 2.45) is 0 Å². The largest absolute Gasteiger partial charge is 0.146 e. The van der Waals surface area contributed by atoms with Crippen molar-refractivity contribution in [3.8, 4) is 0 Å². The van der Waals surface area contributed by atoms with Crippen molar-refractivity contribution in [3.05, 3.63) is 40.5 Å². The van der Waals surface area contributed by atoms with Crippen molar-refractivity contribution < 1.29 is 0 Å². The molecule has 0 heterocycles. The third-order valence-electron chi connectivity index (χ3n) is 2.16. The van der Waals surface area contributed by atoms with Crippen molar-refractivity contribution in [3.63, 3.8) is 0 Å². The van der Waals surface area contributed by atoms with Gasteiger partial charge in [0.25, 0.3) is 0 Å². The first-order valence-corrected chi connectivity index (χ1v) is 6.72. The molecule has 0 unspecified atom stereocenters. The molecule has 0 bridgehead atoms. The normalized spacial score (nSPS) is 12.1. The summed E-state index contributed by atoms with van der Waals surface area (Å²) in [6, 6.07) is 10.7. The monoisotopic (exact) mass is 225 g/mol. The van der Waals surface area contributed by atoms with E-state index in [9.17, 15) is 0 Å². The Balaban J connectivity index is 2.75. The lowest BCUT2D eigenvalue weighted by molar-refractivity contribution is 0.784. The van der Waals surface area contributed by atoms with Crippen LogP contribution in [0.3, 0.4) is 0 Å². The van der Waals surface area contributed by atoms with E-state index in [-0.39, 0.29) is 4.75 Å². The molecule has 0 N–H and O–H groups in total. The van der Waals surface area contributed by atoms with Crippen LogP contribution in [0.15, 0.2) is 30.3 Å². The highest BCUT2D eigenvalue weighted by Gasteiger charge is 2.23. The van der Waals surface area contributed by atoms with Gasteiger partial charge < -0.3 is 0 Å². The molecule has 0 aliphatic carbocycles. The third-order valence-corrected chi connectivity index (χ3v) is 4.51. The Morgan fingerprint density at radius 2 is 1.71 bits per heavy atom. The Morgan fingerprint density at radius 3 is 2.21 bits per heavy atom. The van der Waals surface area contributed by atoms with Crippen LogP contribution in [0.5, 0.6) is 0 Å². The lowest BCUT2D eigenvalue weighted by Crippen LogP contribution is -2.12. The summed E-state index contributed by atoms with van der Waals surface area (Å²) in [5.41, 5.74) is 1.39. The molecule has 1 radical (unpaired) electrons. The van der Waals surface area contributed by atoms with Gasteiger partial charge in [0, 0.05) is 4.75 Å². The number of benzene rings is 1. The molecule has 77 valence electrons. The zero-order valence-electron chi connectivity index (χ0n) is 9.20. The summed E-state index contributed by atoms with van der Waals surface area (Å²) < 4.78 is 1.59. The lowest BCUT2D eigenvalue weighted by atomic mass is 10.0. The van der Waals surface area contributed by atoms with E-state index in [1.54, 1.807) is 0 Å². The average molecular weight is 225 g/mol. The Bertz CT molecular complexity index is 267. The Labute approximate surface area is 95.9 Å². The molecule has 1 rings (SSSR count). The van der Waals surface area contributed by atoms with Gasteiger partial charge in [-0.1, -0.05) is 30.3 Å². The quantitative estimate of drug-likeness (QED) is 0.738. The van der Waals surface area contributed by atoms with Crippen LogP contribution >= 0.6 is 23.5 Å². The second-order valence-electron chi connectivity index (χ2n) is 3.67. The molecule has 0 saturated heterocycles.